The van der Waals surface area contributed by atoms with E-state index in [0.717, 1.165) is 0 Å². The highest BCUT2D eigenvalue weighted by atomic mass is 35.5. The molecule has 0 bridgehead atoms. The lowest BCUT2D eigenvalue weighted by Gasteiger charge is -2.35. The SMILES string of the molecule is COc1cc([C@@H](CCC(F)(F)F)N2CCNCC2)c([N+](=O)[O-])cc1OC.Cl.Cl. The Morgan fingerprint density at radius 3 is 2.18 bits per heavy atom. The lowest BCUT2D eigenvalue weighted by atomic mass is 9.97. The molecule has 0 aromatic heterocycles. The number of nitrogens with zero attached hydrogens (tertiary/aromatic N) is 2. The summed E-state index contributed by atoms with van der Waals surface area (Å²) in [6.45, 7) is 2.25. The van der Waals surface area contributed by atoms with Gasteiger partial charge in [0.25, 0.3) is 5.69 Å². The van der Waals surface area contributed by atoms with Gasteiger partial charge < -0.3 is 14.8 Å². The minimum atomic E-state index is -4.34. The molecule has 0 unspecified atom stereocenters. The average Bonchev–Trinajstić information content (AvgIpc) is 2.61. The largest absolute Gasteiger partial charge is 0.493 e. The summed E-state index contributed by atoms with van der Waals surface area (Å²) in [7, 11) is 2.72. The van der Waals surface area contributed by atoms with Crippen LogP contribution in [0, 0.1) is 10.1 Å². The Morgan fingerprint density at radius 2 is 1.71 bits per heavy atom. The molecule has 162 valence electrons. The molecule has 1 N–H and O–H groups in total. The Bertz CT molecular complexity index is 644. The number of benzene rings is 1. The zero-order chi connectivity index (χ0) is 19.3. The van der Waals surface area contributed by atoms with Gasteiger partial charge in [0.1, 0.15) is 0 Å². The fourth-order valence-corrected chi connectivity index (χ4v) is 3.14. The summed E-state index contributed by atoms with van der Waals surface area (Å²) in [5, 5.41) is 14.7. The molecule has 1 atom stereocenters. The molecule has 28 heavy (non-hydrogen) atoms. The van der Waals surface area contributed by atoms with E-state index in [1.807, 2.05) is 4.90 Å². The van der Waals surface area contributed by atoms with Gasteiger partial charge in [0, 0.05) is 38.6 Å². The van der Waals surface area contributed by atoms with Gasteiger partial charge in [0.2, 0.25) is 0 Å². The van der Waals surface area contributed by atoms with Crippen LogP contribution in [0.3, 0.4) is 0 Å². The first-order valence-corrected chi connectivity index (χ1v) is 8.18. The fourth-order valence-electron chi connectivity index (χ4n) is 3.14. The van der Waals surface area contributed by atoms with Crippen LogP contribution in [-0.4, -0.2) is 56.4 Å². The van der Waals surface area contributed by atoms with E-state index in [2.05, 4.69) is 5.32 Å². The third-order valence-electron chi connectivity index (χ3n) is 4.38. The first-order chi connectivity index (χ1) is 12.3. The summed E-state index contributed by atoms with van der Waals surface area (Å²) in [6, 6.07) is 1.88. The van der Waals surface area contributed by atoms with Crippen LogP contribution in [0.15, 0.2) is 12.1 Å². The molecule has 2 rings (SSSR count). The van der Waals surface area contributed by atoms with Crippen molar-refractivity contribution in [3.05, 3.63) is 27.8 Å². The lowest BCUT2D eigenvalue weighted by molar-refractivity contribution is -0.386. The monoisotopic (exact) mass is 449 g/mol. The topological polar surface area (TPSA) is 76.9 Å². The predicted octanol–water partition coefficient (Wildman–Crippen LogP) is 3.74. The van der Waals surface area contributed by atoms with Gasteiger partial charge in [-0.1, -0.05) is 0 Å². The molecule has 0 aliphatic carbocycles. The molecular weight excluding hydrogens is 426 g/mol. The Kier molecular flexibility index (Phi) is 10.9. The van der Waals surface area contributed by atoms with E-state index in [4.69, 9.17) is 9.47 Å². The molecule has 1 aromatic rings. The highest BCUT2D eigenvalue weighted by Crippen LogP contribution is 2.41. The number of halogens is 5. The van der Waals surface area contributed by atoms with Crippen molar-refractivity contribution < 1.29 is 27.6 Å². The summed E-state index contributed by atoms with van der Waals surface area (Å²) in [4.78, 5) is 12.8. The van der Waals surface area contributed by atoms with Crippen LogP contribution in [0.1, 0.15) is 24.4 Å². The summed E-state index contributed by atoms with van der Waals surface area (Å²) in [5.41, 5.74) is -0.0628. The van der Waals surface area contributed by atoms with Crippen LogP contribution in [0.25, 0.3) is 0 Å². The number of alkyl halides is 3. The number of hydrogen-bond donors (Lipinski definition) is 1. The van der Waals surface area contributed by atoms with Crippen LogP contribution in [-0.2, 0) is 0 Å². The maximum Gasteiger partial charge on any atom is 0.389 e. The number of methoxy groups -OCH3 is 2. The van der Waals surface area contributed by atoms with Crippen molar-refractivity contribution >= 4 is 30.5 Å². The minimum Gasteiger partial charge on any atom is -0.493 e. The highest BCUT2D eigenvalue weighted by Gasteiger charge is 2.35. The van der Waals surface area contributed by atoms with Crippen LogP contribution in [0.2, 0.25) is 0 Å². The van der Waals surface area contributed by atoms with Gasteiger partial charge in [-0.15, -0.1) is 24.8 Å². The molecule has 0 saturated carbocycles. The second-order valence-corrected chi connectivity index (χ2v) is 5.98. The molecule has 1 aliphatic rings. The second kappa shape index (κ2) is 11.5. The Hall–Kier alpha value is -1.49. The number of piperazine rings is 1. The minimum absolute atomic E-state index is 0. The molecular formula is C16H24Cl2F3N3O4. The van der Waals surface area contributed by atoms with Crippen LogP contribution >= 0.6 is 24.8 Å². The van der Waals surface area contributed by atoms with Crippen molar-refractivity contribution in [2.24, 2.45) is 0 Å². The van der Waals surface area contributed by atoms with Crippen LogP contribution in [0.4, 0.5) is 18.9 Å². The van der Waals surface area contributed by atoms with Gasteiger partial charge in [-0.05, 0) is 12.5 Å². The standard InChI is InChI=1S/C16H22F3N3O4.2ClH/c1-25-14-9-11(13(22(23)24)10-15(14)26-2)12(3-4-16(17,18)19)21-7-5-20-6-8-21;;/h9-10,12,20H,3-8H2,1-2H3;2*1H/t12-;;/m1../s1. The van der Waals surface area contributed by atoms with E-state index >= 15 is 0 Å². The van der Waals surface area contributed by atoms with Gasteiger partial charge in [0.05, 0.1) is 30.8 Å². The molecule has 1 aromatic carbocycles. The third kappa shape index (κ3) is 6.84. The zero-order valence-electron chi connectivity index (χ0n) is 15.5. The molecule has 0 spiro atoms. The number of nitro groups is 1. The molecule has 7 nitrogen and oxygen atoms in total. The van der Waals surface area contributed by atoms with Crippen molar-refractivity contribution in [1.82, 2.24) is 10.2 Å². The zero-order valence-corrected chi connectivity index (χ0v) is 17.1. The summed E-state index contributed by atoms with van der Waals surface area (Å²) in [6.07, 6.45) is -5.62. The highest BCUT2D eigenvalue weighted by molar-refractivity contribution is 5.85. The quantitative estimate of drug-likeness (QED) is 0.504. The van der Waals surface area contributed by atoms with Crippen molar-refractivity contribution in [3.8, 4) is 11.5 Å². The Morgan fingerprint density at radius 1 is 1.18 bits per heavy atom. The maximum atomic E-state index is 12.8. The molecule has 1 heterocycles. The van der Waals surface area contributed by atoms with E-state index in [1.165, 1.54) is 26.4 Å². The number of nitro benzene ring substituents is 1. The van der Waals surface area contributed by atoms with Crippen LogP contribution in [0.5, 0.6) is 11.5 Å². The summed E-state index contributed by atoms with van der Waals surface area (Å²) >= 11 is 0. The second-order valence-electron chi connectivity index (χ2n) is 5.98. The number of rotatable bonds is 7. The smallest absolute Gasteiger partial charge is 0.389 e. The number of hydrogen-bond acceptors (Lipinski definition) is 6. The number of ether oxygens (including phenoxy) is 2. The normalized spacial score (nSPS) is 15.8. The predicted molar refractivity (Wildman–Crippen MR) is 103 cm³/mol. The average molecular weight is 450 g/mol. The first-order valence-electron chi connectivity index (χ1n) is 8.18. The third-order valence-corrected chi connectivity index (χ3v) is 4.38. The summed E-state index contributed by atoms with van der Waals surface area (Å²) in [5.74, 6) is 0.415. The number of nitrogens with one attached hydrogen (secondary N) is 1. The maximum absolute atomic E-state index is 12.8. The van der Waals surface area contributed by atoms with Gasteiger partial charge in [0.15, 0.2) is 11.5 Å². The van der Waals surface area contributed by atoms with E-state index in [9.17, 15) is 23.3 Å². The van der Waals surface area contributed by atoms with E-state index in [-0.39, 0.29) is 54.0 Å². The van der Waals surface area contributed by atoms with E-state index in [1.54, 1.807) is 0 Å². The van der Waals surface area contributed by atoms with Gasteiger partial charge >= 0.3 is 6.18 Å². The lowest BCUT2D eigenvalue weighted by Crippen LogP contribution is -2.45. The van der Waals surface area contributed by atoms with Crippen molar-refractivity contribution in [3.63, 3.8) is 0 Å². The van der Waals surface area contributed by atoms with E-state index in [0.29, 0.717) is 26.2 Å². The molecule has 0 amide bonds. The van der Waals surface area contributed by atoms with Gasteiger partial charge in [-0.3, -0.25) is 15.0 Å². The van der Waals surface area contributed by atoms with Crippen molar-refractivity contribution in [2.45, 2.75) is 25.1 Å². The Labute approximate surface area is 173 Å². The molecule has 12 heteroatoms. The van der Waals surface area contributed by atoms with Crippen LogP contribution < -0.4 is 14.8 Å². The van der Waals surface area contributed by atoms with Crippen molar-refractivity contribution in [2.75, 3.05) is 40.4 Å². The molecule has 1 saturated heterocycles. The van der Waals surface area contributed by atoms with Gasteiger partial charge in [-0.2, -0.15) is 13.2 Å². The molecule has 1 aliphatic heterocycles. The van der Waals surface area contributed by atoms with Gasteiger partial charge in [-0.25, -0.2) is 0 Å². The molecule has 1 fully saturated rings. The van der Waals surface area contributed by atoms with Crippen molar-refractivity contribution in [1.29, 1.82) is 0 Å². The summed E-state index contributed by atoms with van der Waals surface area (Å²) < 4.78 is 48.7. The first kappa shape index (κ1) is 26.5. The van der Waals surface area contributed by atoms with E-state index < -0.39 is 23.6 Å². The Balaban J connectivity index is 0.00000364. The molecule has 0 radical (unpaired) electrons. The fraction of sp³-hybridized carbons (Fsp3) is 0.625.